The van der Waals surface area contributed by atoms with Crippen LogP contribution >= 0.6 is 23.4 Å². The molecule has 20 heavy (non-hydrogen) atoms. The van der Waals surface area contributed by atoms with Crippen LogP contribution in [0.15, 0.2) is 33.9 Å². The highest BCUT2D eigenvalue weighted by Gasteiger charge is 2.14. The minimum Gasteiger partial charge on any atom is -0.297 e. The SMILES string of the molecule is CSCCn1c(=O)[nH]c(Cl)c(-c2cccc(C)c2)c1=O. The maximum absolute atomic E-state index is 12.5. The summed E-state index contributed by atoms with van der Waals surface area (Å²) in [4.78, 5) is 26.8. The quantitative estimate of drug-likeness (QED) is 0.883. The Kier molecular flexibility index (Phi) is 4.73. The van der Waals surface area contributed by atoms with E-state index >= 15 is 0 Å². The lowest BCUT2D eigenvalue weighted by Crippen LogP contribution is -2.36. The molecule has 0 bridgehead atoms. The van der Waals surface area contributed by atoms with Crippen LogP contribution in [0.25, 0.3) is 11.1 Å². The molecule has 1 aromatic carbocycles. The van der Waals surface area contributed by atoms with Crippen molar-refractivity contribution in [2.45, 2.75) is 13.5 Å². The summed E-state index contributed by atoms with van der Waals surface area (Å²) in [6, 6.07) is 7.49. The van der Waals surface area contributed by atoms with Crippen LogP contribution in [-0.2, 0) is 6.54 Å². The molecule has 0 unspecified atom stereocenters. The average molecular weight is 311 g/mol. The summed E-state index contributed by atoms with van der Waals surface area (Å²) in [6.07, 6.45) is 1.93. The molecule has 1 N–H and O–H groups in total. The number of rotatable bonds is 4. The van der Waals surface area contributed by atoms with Gasteiger partial charge in [0, 0.05) is 12.3 Å². The molecular formula is C14H15ClN2O2S. The van der Waals surface area contributed by atoms with Crippen LogP contribution in [0.5, 0.6) is 0 Å². The molecule has 106 valence electrons. The van der Waals surface area contributed by atoms with Crippen LogP contribution in [0, 0.1) is 6.92 Å². The largest absolute Gasteiger partial charge is 0.329 e. The summed E-state index contributed by atoms with van der Waals surface area (Å²) in [5.41, 5.74) is 1.27. The van der Waals surface area contributed by atoms with Gasteiger partial charge in [0.1, 0.15) is 5.15 Å². The predicted molar refractivity (Wildman–Crippen MR) is 84.9 cm³/mol. The van der Waals surface area contributed by atoms with Gasteiger partial charge in [0.15, 0.2) is 0 Å². The third-order valence-electron chi connectivity index (χ3n) is 2.97. The van der Waals surface area contributed by atoms with E-state index in [1.165, 1.54) is 4.57 Å². The lowest BCUT2D eigenvalue weighted by molar-refractivity contribution is 0.682. The van der Waals surface area contributed by atoms with Crippen molar-refractivity contribution >= 4 is 23.4 Å². The first-order valence-corrected chi connectivity index (χ1v) is 7.90. The van der Waals surface area contributed by atoms with E-state index in [9.17, 15) is 9.59 Å². The Hall–Kier alpha value is -1.46. The van der Waals surface area contributed by atoms with Gasteiger partial charge in [0.2, 0.25) is 0 Å². The predicted octanol–water partition coefficient (Wildman–Crippen LogP) is 2.53. The molecule has 6 heteroatoms. The van der Waals surface area contributed by atoms with Gasteiger partial charge in [-0.1, -0.05) is 41.4 Å². The second kappa shape index (κ2) is 6.33. The van der Waals surface area contributed by atoms with Gasteiger partial charge < -0.3 is 0 Å². The molecule has 0 fully saturated rings. The van der Waals surface area contributed by atoms with E-state index in [0.717, 1.165) is 5.56 Å². The Labute approximate surface area is 125 Å². The number of benzene rings is 1. The summed E-state index contributed by atoms with van der Waals surface area (Å²) in [5, 5.41) is 0.0889. The van der Waals surface area contributed by atoms with Crippen molar-refractivity contribution in [2.75, 3.05) is 12.0 Å². The number of nitrogens with one attached hydrogen (secondary N) is 1. The van der Waals surface area contributed by atoms with Crippen LogP contribution in [-0.4, -0.2) is 21.6 Å². The van der Waals surface area contributed by atoms with Gasteiger partial charge in [-0.05, 0) is 18.7 Å². The van der Waals surface area contributed by atoms with Crippen molar-refractivity contribution in [3.8, 4) is 11.1 Å². The molecule has 0 aliphatic heterocycles. The third kappa shape index (κ3) is 2.99. The molecule has 0 amide bonds. The standard InChI is InChI=1S/C14H15ClN2O2S/c1-9-4-3-5-10(8-9)11-12(15)16-14(19)17(13(11)18)6-7-20-2/h3-5,8H,6-7H2,1-2H3,(H,16,19). The van der Waals surface area contributed by atoms with E-state index in [-0.39, 0.29) is 10.7 Å². The number of thioether (sulfide) groups is 1. The van der Waals surface area contributed by atoms with Crippen LogP contribution < -0.4 is 11.2 Å². The van der Waals surface area contributed by atoms with Gasteiger partial charge in [-0.2, -0.15) is 11.8 Å². The number of halogens is 1. The molecular weight excluding hydrogens is 296 g/mol. The fraction of sp³-hybridized carbons (Fsp3) is 0.286. The van der Waals surface area contributed by atoms with Crippen molar-refractivity contribution in [1.82, 2.24) is 9.55 Å². The molecule has 1 heterocycles. The molecule has 0 radical (unpaired) electrons. The van der Waals surface area contributed by atoms with Crippen LogP contribution in [0.3, 0.4) is 0 Å². The maximum atomic E-state index is 12.5. The van der Waals surface area contributed by atoms with Crippen molar-refractivity contribution in [2.24, 2.45) is 0 Å². The summed E-state index contributed by atoms with van der Waals surface area (Å²) in [6.45, 7) is 2.31. The average Bonchev–Trinajstić information content (AvgIpc) is 2.38. The maximum Gasteiger partial charge on any atom is 0.329 e. The first kappa shape index (κ1) is 14.9. The monoisotopic (exact) mass is 310 g/mol. The number of aromatic amines is 1. The molecule has 4 nitrogen and oxygen atoms in total. The van der Waals surface area contributed by atoms with Crippen molar-refractivity contribution in [3.05, 3.63) is 55.8 Å². The molecule has 0 aliphatic rings. The molecule has 0 saturated heterocycles. The van der Waals surface area contributed by atoms with Gasteiger partial charge in [0.25, 0.3) is 5.56 Å². The summed E-state index contributed by atoms with van der Waals surface area (Å²) in [7, 11) is 0. The molecule has 0 spiro atoms. The minimum absolute atomic E-state index is 0.0889. The summed E-state index contributed by atoms with van der Waals surface area (Å²) in [5.74, 6) is 0.692. The Morgan fingerprint density at radius 2 is 2.10 bits per heavy atom. The third-order valence-corrected chi connectivity index (χ3v) is 3.84. The zero-order valence-electron chi connectivity index (χ0n) is 11.3. The molecule has 2 aromatic rings. The van der Waals surface area contributed by atoms with Crippen molar-refractivity contribution in [3.63, 3.8) is 0 Å². The van der Waals surface area contributed by atoms with E-state index in [4.69, 9.17) is 11.6 Å². The number of hydrogen-bond acceptors (Lipinski definition) is 3. The topological polar surface area (TPSA) is 54.9 Å². The molecule has 0 saturated carbocycles. The van der Waals surface area contributed by atoms with E-state index in [2.05, 4.69) is 4.98 Å². The van der Waals surface area contributed by atoms with E-state index in [1.54, 1.807) is 11.8 Å². The second-order valence-electron chi connectivity index (χ2n) is 4.44. The second-order valence-corrected chi connectivity index (χ2v) is 5.80. The summed E-state index contributed by atoms with van der Waals surface area (Å²) >= 11 is 7.63. The fourth-order valence-electron chi connectivity index (χ4n) is 1.98. The smallest absolute Gasteiger partial charge is 0.297 e. The molecule has 0 atom stereocenters. The lowest BCUT2D eigenvalue weighted by Gasteiger charge is -2.09. The van der Waals surface area contributed by atoms with Crippen molar-refractivity contribution < 1.29 is 0 Å². The molecule has 0 aliphatic carbocycles. The van der Waals surface area contributed by atoms with E-state index in [1.807, 2.05) is 37.4 Å². The zero-order chi connectivity index (χ0) is 14.7. The highest BCUT2D eigenvalue weighted by molar-refractivity contribution is 7.98. The summed E-state index contributed by atoms with van der Waals surface area (Å²) < 4.78 is 1.19. The first-order chi connectivity index (χ1) is 9.54. The highest BCUT2D eigenvalue weighted by Crippen LogP contribution is 2.22. The normalized spacial score (nSPS) is 10.8. The number of aromatic nitrogens is 2. The Balaban J connectivity index is 2.65. The van der Waals surface area contributed by atoms with E-state index in [0.29, 0.717) is 23.4 Å². The molecule has 2 rings (SSSR count). The fourth-order valence-corrected chi connectivity index (χ4v) is 2.62. The molecule has 1 aromatic heterocycles. The van der Waals surface area contributed by atoms with E-state index < -0.39 is 5.69 Å². The van der Waals surface area contributed by atoms with Gasteiger partial charge >= 0.3 is 5.69 Å². The van der Waals surface area contributed by atoms with Crippen molar-refractivity contribution in [1.29, 1.82) is 0 Å². The van der Waals surface area contributed by atoms with Gasteiger partial charge in [-0.25, -0.2) is 4.79 Å². The Morgan fingerprint density at radius 1 is 1.35 bits per heavy atom. The Morgan fingerprint density at radius 3 is 2.75 bits per heavy atom. The highest BCUT2D eigenvalue weighted by atomic mass is 35.5. The number of H-pyrrole nitrogens is 1. The Bertz CT molecular complexity index is 737. The number of aryl methyl sites for hydroxylation is 1. The van der Waals surface area contributed by atoms with Crippen LogP contribution in [0.4, 0.5) is 0 Å². The van der Waals surface area contributed by atoms with Crippen LogP contribution in [0.2, 0.25) is 5.15 Å². The number of hydrogen-bond donors (Lipinski definition) is 1. The zero-order valence-corrected chi connectivity index (χ0v) is 12.8. The van der Waals surface area contributed by atoms with Gasteiger partial charge in [0.05, 0.1) is 5.56 Å². The number of nitrogens with zero attached hydrogens (tertiary/aromatic N) is 1. The lowest BCUT2D eigenvalue weighted by atomic mass is 10.1. The van der Waals surface area contributed by atoms with Gasteiger partial charge in [-0.15, -0.1) is 0 Å². The first-order valence-electron chi connectivity index (χ1n) is 6.13. The van der Waals surface area contributed by atoms with Crippen LogP contribution in [0.1, 0.15) is 5.56 Å². The van der Waals surface area contributed by atoms with Gasteiger partial charge in [-0.3, -0.25) is 14.3 Å². The minimum atomic E-state index is -0.467.